The van der Waals surface area contributed by atoms with Crippen LogP contribution in [0.5, 0.6) is 0 Å². The molecule has 26 heavy (non-hydrogen) atoms. The lowest BCUT2D eigenvalue weighted by Gasteiger charge is -2.22. The van der Waals surface area contributed by atoms with E-state index in [1.807, 2.05) is 36.1 Å². The van der Waals surface area contributed by atoms with E-state index in [4.69, 9.17) is 4.98 Å². The fourth-order valence-electron chi connectivity index (χ4n) is 3.74. The Kier molecular flexibility index (Phi) is 3.28. The van der Waals surface area contributed by atoms with Crippen LogP contribution in [0.25, 0.3) is 22.1 Å². The fourth-order valence-corrected chi connectivity index (χ4v) is 3.74. The van der Waals surface area contributed by atoms with E-state index in [0.717, 1.165) is 40.6 Å². The number of benzene rings is 1. The lowest BCUT2D eigenvalue weighted by molar-refractivity contribution is 0.0725. The smallest absolute Gasteiger partial charge is 0.273 e. The summed E-state index contributed by atoms with van der Waals surface area (Å²) in [5, 5.41) is 7.68. The first-order valence-electron chi connectivity index (χ1n) is 8.77. The topological polar surface area (TPSA) is 90.6 Å². The van der Waals surface area contributed by atoms with Crippen LogP contribution in [-0.4, -0.2) is 42.5 Å². The Bertz CT molecular complexity index is 1130. The molecule has 1 unspecified atom stereocenters. The highest BCUT2D eigenvalue weighted by Gasteiger charge is 2.33. The van der Waals surface area contributed by atoms with Gasteiger partial charge in [0.15, 0.2) is 5.65 Å². The van der Waals surface area contributed by atoms with E-state index in [9.17, 15) is 4.79 Å². The zero-order valence-corrected chi connectivity index (χ0v) is 14.4. The Morgan fingerprint density at radius 2 is 2.15 bits per heavy atom. The molecule has 0 spiro atoms. The lowest BCUT2D eigenvalue weighted by atomic mass is 10.2. The summed E-state index contributed by atoms with van der Waals surface area (Å²) in [6.45, 7) is 2.76. The maximum atomic E-state index is 13.1. The maximum absolute atomic E-state index is 13.1. The summed E-state index contributed by atoms with van der Waals surface area (Å²) in [4.78, 5) is 27.5. The second-order valence-corrected chi connectivity index (χ2v) is 6.75. The maximum Gasteiger partial charge on any atom is 0.273 e. The summed E-state index contributed by atoms with van der Waals surface area (Å²) in [6.07, 6.45) is 3.56. The molecule has 130 valence electrons. The zero-order chi connectivity index (χ0) is 17.7. The van der Waals surface area contributed by atoms with Gasteiger partial charge >= 0.3 is 0 Å². The number of aromatic amines is 2. The van der Waals surface area contributed by atoms with Gasteiger partial charge in [0, 0.05) is 11.9 Å². The van der Waals surface area contributed by atoms with Crippen LogP contribution in [0.4, 0.5) is 0 Å². The van der Waals surface area contributed by atoms with Gasteiger partial charge in [-0.3, -0.25) is 9.89 Å². The molecule has 4 aromatic rings. The molecule has 1 saturated heterocycles. The van der Waals surface area contributed by atoms with Crippen LogP contribution < -0.4 is 0 Å². The third-order valence-electron chi connectivity index (χ3n) is 5.08. The second kappa shape index (κ2) is 5.66. The van der Waals surface area contributed by atoms with Crippen molar-refractivity contribution in [3.05, 3.63) is 53.6 Å². The van der Waals surface area contributed by atoms with Crippen LogP contribution in [0.3, 0.4) is 0 Å². The van der Waals surface area contributed by atoms with Gasteiger partial charge in [-0.2, -0.15) is 5.10 Å². The number of fused-ring (bicyclic) bond motifs is 2. The number of likely N-dealkylation sites (tertiary alicyclic amines) is 1. The number of carbonyl (C=O) groups is 1. The van der Waals surface area contributed by atoms with E-state index in [-0.39, 0.29) is 11.9 Å². The van der Waals surface area contributed by atoms with Gasteiger partial charge in [-0.05, 0) is 43.5 Å². The Balaban J connectivity index is 1.51. The molecular formula is C19H18N6O. The third kappa shape index (κ3) is 2.28. The van der Waals surface area contributed by atoms with Crippen molar-refractivity contribution in [3.63, 3.8) is 0 Å². The number of amides is 1. The minimum Gasteiger partial charge on any atom is -0.340 e. The fraction of sp³-hybridized carbons (Fsp3) is 0.263. The van der Waals surface area contributed by atoms with Gasteiger partial charge in [-0.1, -0.05) is 12.1 Å². The van der Waals surface area contributed by atoms with Crippen LogP contribution in [0, 0.1) is 6.92 Å². The number of imidazole rings is 1. The molecule has 0 aliphatic carbocycles. The highest BCUT2D eigenvalue weighted by Crippen LogP contribution is 2.33. The minimum atomic E-state index is -0.0684. The molecule has 0 radical (unpaired) electrons. The van der Waals surface area contributed by atoms with Crippen LogP contribution in [0.2, 0.25) is 0 Å². The molecule has 1 aliphatic heterocycles. The first-order valence-corrected chi connectivity index (χ1v) is 8.77. The lowest BCUT2D eigenvalue weighted by Crippen LogP contribution is -2.31. The van der Waals surface area contributed by atoms with Gasteiger partial charge in [0.1, 0.15) is 11.5 Å². The molecule has 5 rings (SSSR count). The molecule has 2 N–H and O–H groups in total. The van der Waals surface area contributed by atoms with Crippen molar-refractivity contribution in [2.45, 2.75) is 25.8 Å². The summed E-state index contributed by atoms with van der Waals surface area (Å²) in [5.74, 6) is 0.781. The molecule has 1 fully saturated rings. The van der Waals surface area contributed by atoms with Crippen molar-refractivity contribution in [1.82, 2.24) is 30.0 Å². The van der Waals surface area contributed by atoms with Gasteiger partial charge in [-0.15, -0.1) is 0 Å². The minimum absolute atomic E-state index is 0.0476. The van der Waals surface area contributed by atoms with Crippen LogP contribution >= 0.6 is 0 Å². The molecule has 1 atom stereocenters. The molecule has 7 nitrogen and oxygen atoms in total. The van der Waals surface area contributed by atoms with Gasteiger partial charge < -0.3 is 9.88 Å². The highest BCUT2D eigenvalue weighted by molar-refractivity contribution is 5.94. The van der Waals surface area contributed by atoms with Gasteiger partial charge in [0.25, 0.3) is 5.91 Å². The quantitative estimate of drug-likeness (QED) is 0.583. The Morgan fingerprint density at radius 1 is 1.23 bits per heavy atom. The van der Waals surface area contributed by atoms with Crippen molar-refractivity contribution in [2.24, 2.45) is 0 Å². The largest absolute Gasteiger partial charge is 0.340 e. The number of hydrogen-bond acceptors (Lipinski definition) is 4. The summed E-state index contributed by atoms with van der Waals surface area (Å²) < 4.78 is 0. The van der Waals surface area contributed by atoms with Crippen LogP contribution in [0.15, 0.2) is 36.5 Å². The van der Waals surface area contributed by atoms with E-state index in [2.05, 4.69) is 20.2 Å². The highest BCUT2D eigenvalue weighted by atomic mass is 16.2. The number of para-hydroxylation sites is 1. The van der Waals surface area contributed by atoms with Gasteiger partial charge in [0.05, 0.1) is 23.3 Å². The summed E-state index contributed by atoms with van der Waals surface area (Å²) >= 11 is 0. The average Bonchev–Trinajstić information content (AvgIpc) is 3.38. The van der Waals surface area contributed by atoms with Crippen LogP contribution in [0.1, 0.15) is 40.8 Å². The zero-order valence-electron chi connectivity index (χ0n) is 14.4. The molecule has 1 amide bonds. The molecule has 0 bridgehead atoms. The average molecular weight is 346 g/mol. The normalized spacial score (nSPS) is 17.4. The predicted octanol–water partition coefficient (Wildman–Crippen LogP) is 3.12. The Labute approximate surface area is 149 Å². The van der Waals surface area contributed by atoms with E-state index in [1.165, 1.54) is 0 Å². The van der Waals surface area contributed by atoms with Crippen molar-refractivity contribution < 1.29 is 4.79 Å². The van der Waals surface area contributed by atoms with Crippen LogP contribution in [-0.2, 0) is 0 Å². The summed E-state index contributed by atoms with van der Waals surface area (Å²) in [7, 11) is 0. The van der Waals surface area contributed by atoms with E-state index in [0.29, 0.717) is 17.9 Å². The molecule has 0 saturated carbocycles. The van der Waals surface area contributed by atoms with Crippen molar-refractivity contribution in [2.75, 3.05) is 6.54 Å². The molecule has 7 heteroatoms. The van der Waals surface area contributed by atoms with E-state index in [1.54, 1.807) is 12.3 Å². The summed E-state index contributed by atoms with van der Waals surface area (Å²) in [6, 6.07) is 9.67. The van der Waals surface area contributed by atoms with Crippen molar-refractivity contribution in [1.29, 1.82) is 0 Å². The number of hydrogen-bond donors (Lipinski definition) is 2. The van der Waals surface area contributed by atoms with Gasteiger partial charge in [-0.25, -0.2) is 9.97 Å². The Morgan fingerprint density at radius 3 is 3.04 bits per heavy atom. The van der Waals surface area contributed by atoms with E-state index < -0.39 is 0 Å². The van der Waals surface area contributed by atoms with Crippen molar-refractivity contribution in [3.8, 4) is 0 Å². The number of carbonyl (C=O) groups excluding carboxylic acids is 1. The molecule has 1 aliphatic rings. The first kappa shape index (κ1) is 15.1. The Hall–Kier alpha value is -3.22. The molecule has 3 aromatic heterocycles. The number of aromatic nitrogens is 5. The number of nitrogens with zero attached hydrogens (tertiary/aromatic N) is 4. The number of pyridine rings is 1. The SMILES string of the molecule is Cc1cccc2[nH]c(C3CCCN3C(=O)c3ccc4cn[nH]c4n3)nc12. The number of rotatable bonds is 2. The third-order valence-corrected chi connectivity index (χ3v) is 5.08. The number of aryl methyl sites for hydroxylation is 1. The first-order chi connectivity index (χ1) is 12.7. The molecular weight excluding hydrogens is 328 g/mol. The predicted molar refractivity (Wildman–Crippen MR) is 97.7 cm³/mol. The number of H-pyrrole nitrogens is 2. The monoisotopic (exact) mass is 346 g/mol. The second-order valence-electron chi connectivity index (χ2n) is 6.75. The standard InChI is InChI=1S/C19H18N6O/c1-11-4-2-5-13-16(11)23-18(21-13)15-6-3-9-25(15)19(26)14-8-7-12-10-20-24-17(12)22-14/h2,4-5,7-8,10,15H,3,6,9H2,1H3,(H,21,23)(H,20,22,24). The van der Waals surface area contributed by atoms with Gasteiger partial charge in [0.2, 0.25) is 0 Å². The molecule has 4 heterocycles. The summed E-state index contributed by atoms with van der Waals surface area (Å²) in [5.41, 5.74) is 4.18. The molecule has 1 aromatic carbocycles. The van der Waals surface area contributed by atoms with E-state index >= 15 is 0 Å². The number of nitrogens with one attached hydrogen (secondary N) is 2. The van der Waals surface area contributed by atoms with Crippen molar-refractivity contribution >= 4 is 28.0 Å².